The monoisotopic (exact) mass is 406 g/mol. The van der Waals surface area contributed by atoms with Crippen LogP contribution in [0.3, 0.4) is 0 Å². The first-order valence-corrected chi connectivity index (χ1v) is 8.99. The minimum Gasteiger partial charge on any atom is -0.488 e. The molecule has 1 N–H and O–H groups in total. The molecule has 154 valence electrons. The van der Waals surface area contributed by atoms with Gasteiger partial charge in [-0.25, -0.2) is 0 Å². The molecule has 0 atom stereocenters. The number of hydrogen-bond donors (Lipinski definition) is 1. The highest BCUT2D eigenvalue weighted by molar-refractivity contribution is 5.86. The van der Waals surface area contributed by atoms with Crippen LogP contribution in [-0.4, -0.2) is 31.0 Å². The van der Waals surface area contributed by atoms with Crippen LogP contribution in [0.25, 0.3) is 0 Å². The van der Waals surface area contributed by atoms with Gasteiger partial charge in [0, 0.05) is 25.2 Å². The van der Waals surface area contributed by atoms with E-state index in [1.54, 1.807) is 6.07 Å². The molecule has 0 unspecified atom stereocenters. The molecule has 0 bridgehead atoms. The summed E-state index contributed by atoms with van der Waals surface area (Å²) < 4.78 is 50.0. The molecule has 3 rings (SSSR count). The van der Waals surface area contributed by atoms with Gasteiger partial charge in [-0.3, -0.25) is 9.69 Å². The van der Waals surface area contributed by atoms with Gasteiger partial charge in [0.25, 0.3) is 0 Å². The van der Waals surface area contributed by atoms with Crippen LogP contribution in [0.2, 0.25) is 0 Å². The van der Waals surface area contributed by atoms with Crippen LogP contribution < -0.4 is 14.8 Å². The van der Waals surface area contributed by atoms with E-state index in [1.165, 1.54) is 18.2 Å². The lowest BCUT2D eigenvalue weighted by Crippen LogP contribution is -2.23. The first kappa shape index (κ1) is 20.7. The summed E-state index contributed by atoms with van der Waals surface area (Å²) >= 11 is 0. The molecule has 5 nitrogen and oxygen atoms in total. The second-order valence-electron chi connectivity index (χ2n) is 6.66. The first-order chi connectivity index (χ1) is 13.8. The summed E-state index contributed by atoms with van der Waals surface area (Å²) in [5.74, 6) is 0.925. The van der Waals surface area contributed by atoms with Crippen molar-refractivity contribution in [3.63, 3.8) is 0 Å². The maximum Gasteiger partial charge on any atom is 0.416 e. The summed E-state index contributed by atoms with van der Waals surface area (Å²) in [5, 5.41) is 2.75. The Bertz CT molecular complexity index is 895. The second-order valence-corrected chi connectivity index (χ2v) is 6.66. The van der Waals surface area contributed by atoms with Crippen molar-refractivity contribution in [1.82, 2.24) is 10.2 Å². The van der Waals surface area contributed by atoms with Crippen molar-refractivity contribution in [3.05, 3.63) is 65.7 Å². The highest BCUT2D eigenvalue weighted by Crippen LogP contribution is 2.39. The van der Waals surface area contributed by atoms with Gasteiger partial charge in [-0.2, -0.15) is 13.2 Å². The SMILES string of the molecule is C=CC(=O)NCc1ccc(Oc2ccc(C(F)(F)F)cc2)c2c1CN(C)CCO2. The number of likely N-dealkylation sites (N-methyl/N-ethyl adjacent to an activating group) is 1. The molecule has 2 aromatic carbocycles. The number of nitrogens with one attached hydrogen (secondary N) is 1. The van der Waals surface area contributed by atoms with Gasteiger partial charge >= 0.3 is 6.18 Å². The van der Waals surface area contributed by atoms with Gasteiger partial charge in [-0.1, -0.05) is 12.6 Å². The van der Waals surface area contributed by atoms with Gasteiger partial charge in [-0.05, 0) is 49.0 Å². The molecule has 0 radical (unpaired) electrons. The van der Waals surface area contributed by atoms with Crippen LogP contribution in [0.5, 0.6) is 17.2 Å². The largest absolute Gasteiger partial charge is 0.488 e. The molecule has 2 aromatic rings. The summed E-state index contributed by atoms with van der Waals surface area (Å²) in [4.78, 5) is 13.6. The number of rotatable bonds is 5. The normalized spacial score (nSPS) is 14.3. The van der Waals surface area contributed by atoms with Crippen molar-refractivity contribution in [2.75, 3.05) is 20.2 Å². The average molecular weight is 406 g/mol. The standard InChI is InChI=1S/C21H21F3N2O3/c1-3-19(27)25-12-14-4-9-18(20-17(14)13-26(2)10-11-28-20)29-16-7-5-15(6-8-16)21(22,23)24/h3-9H,1,10-13H2,2H3,(H,25,27). The molecule has 0 saturated carbocycles. The highest BCUT2D eigenvalue weighted by Gasteiger charge is 2.30. The Balaban J connectivity index is 1.90. The molecular weight excluding hydrogens is 385 g/mol. The predicted octanol–water partition coefficient (Wildman–Crippen LogP) is 4.12. The molecule has 0 aromatic heterocycles. The minimum atomic E-state index is -4.40. The van der Waals surface area contributed by atoms with Crippen molar-refractivity contribution in [2.24, 2.45) is 0 Å². The molecule has 0 spiro atoms. The van der Waals surface area contributed by atoms with Crippen LogP contribution in [0.4, 0.5) is 13.2 Å². The molecule has 1 heterocycles. The van der Waals surface area contributed by atoms with E-state index in [0.29, 0.717) is 37.7 Å². The van der Waals surface area contributed by atoms with E-state index in [-0.39, 0.29) is 11.7 Å². The second kappa shape index (κ2) is 8.57. The molecular formula is C21H21F3N2O3. The Morgan fingerprint density at radius 2 is 2.00 bits per heavy atom. The third-order valence-corrected chi connectivity index (χ3v) is 4.52. The zero-order chi connectivity index (χ0) is 21.0. The zero-order valence-corrected chi connectivity index (χ0v) is 15.9. The van der Waals surface area contributed by atoms with E-state index in [4.69, 9.17) is 9.47 Å². The van der Waals surface area contributed by atoms with Crippen molar-refractivity contribution in [1.29, 1.82) is 0 Å². The third kappa shape index (κ3) is 5.08. The predicted molar refractivity (Wildman–Crippen MR) is 102 cm³/mol. The third-order valence-electron chi connectivity index (χ3n) is 4.52. The number of amides is 1. The summed E-state index contributed by atoms with van der Waals surface area (Å²) in [7, 11) is 1.95. The lowest BCUT2D eigenvalue weighted by molar-refractivity contribution is -0.137. The van der Waals surface area contributed by atoms with E-state index in [0.717, 1.165) is 23.3 Å². The molecule has 8 heteroatoms. The van der Waals surface area contributed by atoms with Gasteiger partial charge in [0.1, 0.15) is 12.4 Å². The maximum atomic E-state index is 12.8. The Morgan fingerprint density at radius 3 is 2.66 bits per heavy atom. The molecule has 1 aliphatic heterocycles. The number of hydrogen-bond acceptors (Lipinski definition) is 4. The first-order valence-electron chi connectivity index (χ1n) is 8.99. The van der Waals surface area contributed by atoms with Gasteiger partial charge in [0.2, 0.25) is 5.91 Å². The molecule has 0 saturated heterocycles. The fraction of sp³-hybridized carbons (Fsp3) is 0.286. The van der Waals surface area contributed by atoms with E-state index in [1.807, 2.05) is 13.1 Å². The van der Waals surface area contributed by atoms with Crippen LogP contribution in [-0.2, 0) is 24.1 Å². The molecule has 0 fully saturated rings. The number of nitrogens with zero attached hydrogens (tertiary/aromatic N) is 1. The van der Waals surface area contributed by atoms with E-state index < -0.39 is 11.7 Å². The zero-order valence-electron chi connectivity index (χ0n) is 15.9. The van der Waals surface area contributed by atoms with E-state index in [9.17, 15) is 18.0 Å². The Morgan fingerprint density at radius 1 is 1.28 bits per heavy atom. The van der Waals surface area contributed by atoms with Gasteiger partial charge in [-0.15, -0.1) is 0 Å². The van der Waals surface area contributed by atoms with Crippen molar-refractivity contribution in [2.45, 2.75) is 19.3 Å². The lowest BCUT2D eigenvalue weighted by atomic mass is 10.0. The number of fused-ring (bicyclic) bond motifs is 1. The van der Waals surface area contributed by atoms with Crippen molar-refractivity contribution >= 4 is 5.91 Å². The average Bonchev–Trinajstić information content (AvgIpc) is 2.88. The van der Waals surface area contributed by atoms with Crippen LogP contribution in [0, 0.1) is 0 Å². The summed E-state index contributed by atoms with van der Waals surface area (Å²) in [6.07, 6.45) is -3.20. The number of halogens is 3. The Labute approximate surface area is 166 Å². The van der Waals surface area contributed by atoms with E-state index >= 15 is 0 Å². The number of benzene rings is 2. The topological polar surface area (TPSA) is 50.8 Å². The molecule has 1 amide bonds. The Hall–Kier alpha value is -3.00. The number of carbonyl (C=O) groups is 1. The van der Waals surface area contributed by atoms with Crippen molar-refractivity contribution in [3.8, 4) is 17.2 Å². The number of ether oxygens (including phenoxy) is 2. The highest BCUT2D eigenvalue weighted by atomic mass is 19.4. The van der Waals surface area contributed by atoms with Crippen LogP contribution in [0.15, 0.2) is 49.1 Å². The fourth-order valence-corrected chi connectivity index (χ4v) is 2.97. The van der Waals surface area contributed by atoms with Crippen LogP contribution >= 0.6 is 0 Å². The smallest absolute Gasteiger partial charge is 0.416 e. The molecule has 1 aliphatic rings. The summed E-state index contributed by atoms with van der Waals surface area (Å²) in [5.41, 5.74) is 0.984. The Kier molecular flexibility index (Phi) is 6.12. The summed E-state index contributed by atoms with van der Waals surface area (Å²) in [6, 6.07) is 8.00. The lowest BCUT2D eigenvalue weighted by Gasteiger charge is -2.18. The minimum absolute atomic E-state index is 0.272. The molecule has 0 aliphatic carbocycles. The quantitative estimate of drug-likeness (QED) is 0.759. The summed E-state index contributed by atoms with van der Waals surface area (Å²) in [6.45, 7) is 5.45. The maximum absolute atomic E-state index is 12.8. The number of alkyl halides is 3. The molecule has 29 heavy (non-hydrogen) atoms. The fourth-order valence-electron chi connectivity index (χ4n) is 2.97. The number of carbonyl (C=O) groups excluding carboxylic acids is 1. The van der Waals surface area contributed by atoms with Gasteiger partial charge in [0.05, 0.1) is 5.56 Å². The van der Waals surface area contributed by atoms with Crippen molar-refractivity contribution < 1.29 is 27.4 Å². The van der Waals surface area contributed by atoms with Crippen LogP contribution in [0.1, 0.15) is 16.7 Å². The van der Waals surface area contributed by atoms with Gasteiger partial charge in [0.15, 0.2) is 11.5 Å². The van der Waals surface area contributed by atoms with E-state index in [2.05, 4.69) is 16.8 Å². The van der Waals surface area contributed by atoms with Gasteiger partial charge < -0.3 is 14.8 Å².